The number of nitrogens with one attached hydrogen (secondary N) is 1. The van der Waals surface area contributed by atoms with Crippen molar-refractivity contribution in [3.8, 4) is 5.75 Å². The largest absolute Gasteiger partial charge is 0.495 e. The number of anilines is 1. The van der Waals surface area contributed by atoms with Gasteiger partial charge in [0.1, 0.15) is 10.6 Å². The predicted molar refractivity (Wildman–Crippen MR) is 111 cm³/mol. The molecule has 0 bridgehead atoms. The number of fused-ring (bicyclic) bond motifs is 1. The number of methoxy groups -OCH3 is 1. The molecule has 1 atom stereocenters. The summed E-state index contributed by atoms with van der Waals surface area (Å²) in [6.07, 6.45) is 0.943. The first-order valence-corrected chi connectivity index (χ1v) is 11.3. The van der Waals surface area contributed by atoms with Crippen LogP contribution in [0.25, 0.3) is 0 Å². The molecule has 1 aromatic heterocycles. The normalized spacial score (nSPS) is 17.4. The smallest absolute Gasteiger partial charge is 0.246 e. The Kier molecular flexibility index (Phi) is 6.09. The first kappa shape index (κ1) is 20.8. The van der Waals surface area contributed by atoms with Gasteiger partial charge in [0.2, 0.25) is 15.9 Å². The molecule has 0 saturated carbocycles. The molecule has 2 aromatic rings. The first-order chi connectivity index (χ1) is 13.2. The van der Waals surface area contributed by atoms with Crippen LogP contribution in [0.3, 0.4) is 0 Å². The topological polar surface area (TPSA) is 79.0 Å². The molecule has 1 amide bonds. The number of carbonyl (C=O) groups is 1. The van der Waals surface area contributed by atoms with Gasteiger partial charge in [0.25, 0.3) is 0 Å². The fraction of sp³-hybridized carbons (Fsp3) is 0.421. The monoisotopic (exact) mass is 423 g/mol. The van der Waals surface area contributed by atoms with E-state index < -0.39 is 10.0 Å². The lowest BCUT2D eigenvalue weighted by molar-refractivity contribution is -0.117. The van der Waals surface area contributed by atoms with E-state index in [-0.39, 0.29) is 29.1 Å². The Bertz CT molecular complexity index is 969. The Morgan fingerprint density at radius 3 is 2.79 bits per heavy atom. The molecule has 2 heterocycles. The first-order valence-electron chi connectivity index (χ1n) is 8.94. The third-order valence-electron chi connectivity index (χ3n) is 4.96. The number of hydrogen-bond acceptors (Lipinski definition) is 6. The van der Waals surface area contributed by atoms with Gasteiger partial charge in [0.15, 0.2) is 0 Å². The van der Waals surface area contributed by atoms with Crippen molar-refractivity contribution in [1.82, 2.24) is 9.21 Å². The van der Waals surface area contributed by atoms with Gasteiger partial charge in [0, 0.05) is 37.2 Å². The van der Waals surface area contributed by atoms with E-state index in [4.69, 9.17) is 4.74 Å². The highest BCUT2D eigenvalue weighted by Gasteiger charge is 2.27. The van der Waals surface area contributed by atoms with E-state index in [1.54, 1.807) is 23.5 Å². The van der Waals surface area contributed by atoms with E-state index in [9.17, 15) is 13.2 Å². The van der Waals surface area contributed by atoms with Gasteiger partial charge in [-0.1, -0.05) is 0 Å². The van der Waals surface area contributed by atoms with Crippen LogP contribution in [-0.4, -0.2) is 57.8 Å². The molecular formula is C19H25N3O4S2. The maximum atomic E-state index is 12.6. The standard InChI is InChI=1S/C19H25N3O4S2/c1-13-15-8-10-27-17(15)7-9-22(13)12-19(23)20-14-5-6-16(26-4)18(11-14)28(24,25)21(2)3/h5-6,8,10-11,13H,7,9,12H2,1-4H3,(H,20,23)/t13-/m0/s1. The zero-order valence-corrected chi connectivity index (χ0v) is 18.1. The van der Waals surface area contributed by atoms with E-state index in [0.717, 1.165) is 17.3 Å². The Balaban J connectivity index is 1.74. The van der Waals surface area contributed by atoms with Crippen LogP contribution in [0.2, 0.25) is 0 Å². The molecule has 0 fully saturated rings. The number of sulfonamides is 1. The summed E-state index contributed by atoms with van der Waals surface area (Å²) in [6.45, 7) is 3.18. The Morgan fingerprint density at radius 1 is 1.36 bits per heavy atom. The van der Waals surface area contributed by atoms with E-state index in [2.05, 4.69) is 28.6 Å². The number of ether oxygens (including phenoxy) is 1. The second-order valence-corrected chi connectivity index (χ2v) is 10.0. The Hall–Kier alpha value is -1.94. The molecule has 1 aliphatic heterocycles. The van der Waals surface area contributed by atoms with Gasteiger partial charge in [-0.2, -0.15) is 0 Å². The van der Waals surface area contributed by atoms with Crippen LogP contribution in [-0.2, 0) is 21.2 Å². The highest BCUT2D eigenvalue weighted by atomic mass is 32.2. The highest BCUT2D eigenvalue weighted by molar-refractivity contribution is 7.89. The summed E-state index contributed by atoms with van der Waals surface area (Å²) in [6, 6.07) is 6.93. The number of thiophene rings is 1. The summed E-state index contributed by atoms with van der Waals surface area (Å²) in [5.74, 6) is 0.0604. The van der Waals surface area contributed by atoms with Gasteiger partial charge >= 0.3 is 0 Å². The molecule has 0 saturated heterocycles. The van der Waals surface area contributed by atoms with Crippen LogP contribution in [0.4, 0.5) is 5.69 Å². The van der Waals surface area contributed by atoms with Gasteiger partial charge in [-0.3, -0.25) is 9.69 Å². The summed E-state index contributed by atoms with van der Waals surface area (Å²) in [5, 5.41) is 4.91. The number of benzene rings is 1. The molecule has 3 rings (SSSR count). The summed E-state index contributed by atoms with van der Waals surface area (Å²) in [5.41, 5.74) is 1.71. The number of carbonyl (C=O) groups excluding carboxylic acids is 1. The zero-order chi connectivity index (χ0) is 20.5. The molecule has 152 valence electrons. The molecule has 7 nitrogen and oxygen atoms in total. The minimum Gasteiger partial charge on any atom is -0.495 e. The van der Waals surface area contributed by atoms with Gasteiger partial charge in [-0.05, 0) is 48.6 Å². The molecule has 28 heavy (non-hydrogen) atoms. The summed E-state index contributed by atoms with van der Waals surface area (Å²) in [7, 11) is 0.632. The SMILES string of the molecule is COc1ccc(NC(=O)CN2CCc3sccc3[C@@H]2C)cc1S(=O)(=O)N(C)C. The van der Waals surface area contributed by atoms with E-state index in [1.165, 1.54) is 37.7 Å². The van der Waals surface area contributed by atoms with E-state index in [0.29, 0.717) is 5.69 Å². The second-order valence-electron chi connectivity index (χ2n) is 6.90. The highest BCUT2D eigenvalue weighted by Crippen LogP contribution is 2.33. The van der Waals surface area contributed by atoms with E-state index >= 15 is 0 Å². The van der Waals surface area contributed by atoms with Crippen LogP contribution < -0.4 is 10.1 Å². The predicted octanol–water partition coefficient (Wildman–Crippen LogP) is 2.56. The molecule has 1 aromatic carbocycles. The molecule has 0 spiro atoms. The van der Waals surface area contributed by atoms with Gasteiger partial charge in [-0.25, -0.2) is 12.7 Å². The minimum absolute atomic E-state index is 0.0204. The quantitative estimate of drug-likeness (QED) is 0.773. The third-order valence-corrected chi connectivity index (χ3v) is 7.79. The number of rotatable bonds is 6. The maximum Gasteiger partial charge on any atom is 0.246 e. The van der Waals surface area contributed by atoms with Crippen molar-refractivity contribution in [3.63, 3.8) is 0 Å². The number of amides is 1. The number of hydrogen-bond donors (Lipinski definition) is 1. The van der Waals surface area contributed by atoms with Crippen molar-refractivity contribution in [3.05, 3.63) is 40.1 Å². The Morgan fingerprint density at radius 2 is 2.11 bits per heavy atom. The van der Waals surface area contributed by atoms with Crippen LogP contribution in [0, 0.1) is 0 Å². The number of nitrogens with zero attached hydrogens (tertiary/aromatic N) is 2. The minimum atomic E-state index is -3.69. The van der Waals surface area contributed by atoms with Crippen LogP contribution in [0.1, 0.15) is 23.4 Å². The second kappa shape index (κ2) is 8.20. The molecular weight excluding hydrogens is 398 g/mol. The van der Waals surface area contributed by atoms with Crippen molar-refractivity contribution in [1.29, 1.82) is 0 Å². The van der Waals surface area contributed by atoms with Gasteiger partial charge in [0.05, 0.1) is 13.7 Å². The van der Waals surface area contributed by atoms with Crippen LogP contribution in [0.15, 0.2) is 34.5 Å². The van der Waals surface area contributed by atoms with Crippen molar-refractivity contribution in [2.75, 3.05) is 39.6 Å². The molecule has 1 aliphatic rings. The fourth-order valence-corrected chi connectivity index (χ4v) is 5.35. The average molecular weight is 424 g/mol. The lowest BCUT2D eigenvalue weighted by Crippen LogP contribution is -2.39. The maximum absolute atomic E-state index is 12.6. The summed E-state index contributed by atoms with van der Waals surface area (Å²) >= 11 is 1.76. The van der Waals surface area contributed by atoms with Gasteiger partial charge < -0.3 is 10.1 Å². The van der Waals surface area contributed by atoms with Crippen LogP contribution in [0.5, 0.6) is 5.75 Å². The zero-order valence-electron chi connectivity index (χ0n) is 16.4. The molecule has 9 heteroatoms. The van der Waals surface area contributed by atoms with Crippen molar-refractivity contribution < 1.29 is 17.9 Å². The molecule has 0 aliphatic carbocycles. The summed E-state index contributed by atoms with van der Waals surface area (Å²) < 4.78 is 31.3. The Labute approximate surface area is 170 Å². The summed E-state index contributed by atoms with van der Waals surface area (Å²) in [4.78, 5) is 16.1. The molecule has 0 radical (unpaired) electrons. The van der Waals surface area contributed by atoms with Crippen molar-refractivity contribution in [2.24, 2.45) is 0 Å². The van der Waals surface area contributed by atoms with Crippen LogP contribution >= 0.6 is 11.3 Å². The third kappa shape index (κ3) is 4.07. The van der Waals surface area contributed by atoms with Gasteiger partial charge in [-0.15, -0.1) is 11.3 Å². The van der Waals surface area contributed by atoms with E-state index in [1.807, 2.05) is 0 Å². The lowest BCUT2D eigenvalue weighted by Gasteiger charge is -2.32. The average Bonchev–Trinajstić information content (AvgIpc) is 3.13. The van der Waals surface area contributed by atoms with Crippen molar-refractivity contribution >= 4 is 33.0 Å². The lowest BCUT2D eigenvalue weighted by atomic mass is 10.0. The van der Waals surface area contributed by atoms with Crippen molar-refractivity contribution in [2.45, 2.75) is 24.3 Å². The molecule has 1 N–H and O–H groups in total. The molecule has 0 unspecified atom stereocenters. The fourth-order valence-electron chi connectivity index (χ4n) is 3.32.